The van der Waals surface area contributed by atoms with Crippen molar-refractivity contribution in [3.63, 3.8) is 0 Å². The van der Waals surface area contributed by atoms with Crippen LogP contribution in [0, 0.1) is 0 Å². The molecule has 0 radical (unpaired) electrons. The van der Waals surface area contributed by atoms with Gasteiger partial charge in [-0.2, -0.15) is 4.31 Å². The van der Waals surface area contributed by atoms with Crippen LogP contribution in [0.25, 0.3) is 0 Å². The number of rotatable bonds is 4. The first-order valence-electron chi connectivity index (χ1n) is 6.51. The molecule has 1 aliphatic rings. The highest BCUT2D eigenvalue weighted by molar-refractivity contribution is 7.88. The van der Waals surface area contributed by atoms with E-state index in [0.29, 0.717) is 30.2 Å². The van der Waals surface area contributed by atoms with Crippen molar-refractivity contribution in [3.05, 3.63) is 21.9 Å². The fraction of sp³-hybridized carbons (Fsp3) is 0.615. The number of sulfonamides is 1. The van der Waals surface area contributed by atoms with E-state index in [0.717, 1.165) is 0 Å². The second-order valence-electron chi connectivity index (χ2n) is 5.46. The summed E-state index contributed by atoms with van der Waals surface area (Å²) in [6, 6.07) is 1.65. The van der Waals surface area contributed by atoms with Crippen LogP contribution in [0.15, 0.2) is 11.4 Å². The first kappa shape index (κ1) is 16.4. The highest BCUT2D eigenvalue weighted by Gasteiger charge is 2.39. The van der Waals surface area contributed by atoms with Crippen LogP contribution in [-0.4, -0.2) is 51.1 Å². The van der Waals surface area contributed by atoms with Gasteiger partial charge in [0.05, 0.1) is 31.6 Å². The van der Waals surface area contributed by atoms with E-state index >= 15 is 0 Å². The molecule has 0 atom stereocenters. The van der Waals surface area contributed by atoms with Crippen molar-refractivity contribution in [1.82, 2.24) is 4.31 Å². The molecule has 0 aliphatic carbocycles. The Morgan fingerprint density at radius 3 is 2.86 bits per heavy atom. The number of carbonyl (C=O) groups excluding carboxylic acids is 1. The number of hydrogen-bond acceptors (Lipinski definition) is 6. The van der Waals surface area contributed by atoms with E-state index in [9.17, 15) is 13.2 Å². The van der Waals surface area contributed by atoms with Gasteiger partial charge in [0, 0.05) is 6.54 Å². The monoisotopic (exact) mass is 333 g/mol. The lowest BCUT2D eigenvalue weighted by Crippen LogP contribution is -2.55. The summed E-state index contributed by atoms with van der Waals surface area (Å²) < 4.78 is 36.8. The maximum absolute atomic E-state index is 12.7. The minimum Gasteiger partial charge on any atom is -0.465 e. The van der Waals surface area contributed by atoms with Gasteiger partial charge in [-0.15, -0.1) is 11.3 Å². The molecule has 0 spiro atoms. The molecule has 0 amide bonds. The molecule has 1 aliphatic heterocycles. The lowest BCUT2D eigenvalue weighted by Gasteiger charge is -2.40. The fourth-order valence-electron chi connectivity index (χ4n) is 2.36. The summed E-state index contributed by atoms with van der Waals surface area (Å²) in [6.45, 7) is 4.74. The molecule has 6 nitrogen and oxygen atoms in total. The highest BCUT2D eigenvalue weighted by Crippen LogP contribution is 2.27. The molecule has 0 bridgehead atoms. The predicted octanol–water partition coefficient (Wildman–Crippen LogP) is 1.48. The zero-order chi connectivity index (χ0) is 15.7. The summed E-state index contributed by atoms with van der Waals surface area (Å²) in [4.78, 5) is 12.0. The summed E-state index contributed by atoms with van der Waals surface area (Å²) in [7, 11) is -2.24. The molecule has 0 unspecified atom stereocenters. The minimum atomic E-state index is -3.53. The van der Waals surface area contributed by atoms with Gasteiger partial charge in [-0.1, -0.05) is 0 Å². The Morgan fingerprint density at radius 2 is 2.24 bits per heavy atom. The van der Waals surface area contributed by atoms with Gasteiger partial charge in [0.1, 0.15) is 4.88 Å². The topological polar surface area (TPSA) is 72.9 Å². The molecule has 1 aromatic rings. The number of hydrogen-bond donors (Lipinski definition) is 0. The molecule has 1 saturated heterocycles. The molecule has 2 rings (SSSR count). The number of nitrogens with zero attached hydrogens (tertiary/aromatic N) is 1. The number of carbonyl (C=O) groups is 1. The van der Waals surface area contributed by atoms with E-state index in [4.69, 9.17) is 4.74 Å². The Labute approximate surface area is 128 Å². The molecular weight excluding hydrogens is 314 g/mol. The third kappa shape index (κ3) is 3.45. The van der Waals surface area contributed by atoms with Gasteiger partial charge >= 0.3 is 5.97 Å². The Kier molecular flexibility index (Phi) is 4.72. The summed E-state index contributed by atoms with van der Waals surface area (Å²) in [6.07, 6.45) is 0. The summed E-state index contributed by atoms with van der Waals surface area (Å²) in [5, 5.41) is 1.70. The Bertz CT molecular complexity index is 620. The maximum Gasteiger partial charge on any atom is 0.348 e. The van der Waals surface area contributed by atoms with Crippen LogP contribution in [0.3, 0.4) is 0 Å². The number of thiophene rings is 1. The zero-order valence-electron chi connectivity index (χ0n) is 12.3. The van der Waals surface area contributed by atoms with E-state index in [1.165, 1.54) is 22.8 Å². The Morgan fingerprint density at radius 1 is 1.52 bits per heavy atom. The molecule has 0 N–H and O–H groups in total. The molecule has 1 aromatic heterocycles. The van der Waals surface area contributed by atoms with Crippen molar-refractivity contribution in [3.8, 4) is 0 Å². The van der Waals surface area contributed by atoms with E-state index in [2.05, 4.69) is 4.74 Å². The Hall–Kier alpha value is -0.960. The van der Waals surface area contributed by atoms with Crippen molar-refractivity contribution < 1.29 is 22.7 Å². The number of esters is 1. The van der Waals surface area contributed by atoms with Crippen molar-refractivity contribution in [1.29, 1.82) is 0 Å². The quantitative estimate of drug-likeness (QED) is 0.780. The fourth-order valence-corrected chi connectivity index (χ4v) is 5.23. The predicted molar refractivity (Wildman–Crippen MR) is 79.9 cm³/mol. The second-order valence-corrected chi connectivity index (χ2v) is 8.27. The first-order chi connectivity index (χ1) is 9.78. The molecule has 1 fully saturated rings. The largest absolute Gasteiger partial charge is 0.465 e. The van der Waals surface area contributed by atoms with E-state index in [1.807, 2.05) is 13.8 Å². The molecular formula is C13H19NO5S2. The van der Waals surface area contributed by atoms with Crippen LogP contribution < -0.4 is 0 Å². The van der Waals surface area contributed by atoms with Crippen LogP contribution in [-0.2, 0) is 25.2 Å². The molecule has 0 aromatic carbocycles. The van der Waals surface area contributed by atoms with Gasteiger partial charge in [0.25, 0.3) is 0 Å². The van der Waals surface area contributed by atoms with Gasteiger partial charge in [0.15, 0.2) is 0 Å². The Balaban J connectivity index is 2.26. The summed E-state index contributed by atoms with van der Waals surface area (Å²) >= 11 is 1.19. The van der Waals surface area contributed by atoms with Crippen molar-refractivity contribution in [2.45, 2.75) is 25.1 Å². The molecule has 2 heterocycles. The molecule has 0 saturated carbocycles. The molecule has 118 valence electrons. The summed E-state index contributed by atoms with van der Waals surface area (Å²) in [5.74, 6) is -0.707. The van der Waals surface area contributed by atoms with E-state index < -0.39 is 21.5 Å². The van der Waals surface area contributed by atoms with Gasteiger partial charge in [-0.25, -0.2) is 13.2 Å². The van der Waals surface area contributed by atoms with Crippen LogP contribution >= 0.6 is 11.3 Å². The highest BCUT2D eigenvalue weighted by atomic mass is 32.2. The first-order valence-corrected chi connectivity index (χ1v) is 9.00. The number of morpholine rings is 1. The number of methoxy groups -OCH3 is 1. The minimum absolute atomic E-state index is 0.204. The van der Waals surface area contributed by atoms with Gasteiger partial charge < -0.3 is 9.47 Å². The standard InChI is InChI=1S/C13H19NO5S2/c1-13(2)9-19-6-5-14(13)21(16,17)8-10-4-7-20-11(10)12(15)18-3/h4,7H,5-6,8-9H2,1-3H3. The second kappa shape index (κ2) is 6.04. The van der Waals surface area contributed by atoms with E-state index in [1.54, 1.807) is 11.4 Å². The lowest BCUT2D eigenvalue weighted by atomic mass is 10.1. The number of ether oxygens (including phenoxy) is 2. The third-order valence-corrected chi connectivity index (χ3v) is 6.32. The average molecular weight is 333 g/mol. The van der Waals surface area contributed by atoms with Gasteiger partial charge in [-0.3, -0.25) is 0 Å². The van der Waals surface area contributed by atoms with Gasteiger partial charge in [-0.05, 0) is 30.9 Å². The van der Waals surface area contributed by atoms with Crippen LogP contribution in [0.1, 0.15) is 29.1 Å². The van der Waals surface area contributed by atoms with Crippen LogP contribution in [0.5, 0.6) is 0 Å². The SMILES string of the molecule is COC(=O)c1sccc1CS(=O)(=O)N1CCOCC1(C)C. The van der Waals surface area contributed by atoms with Crippen molar-refractivity contribution in [2.75, 3.05) is 26.9 Å². The lowest BCUT2D eigenvalue weighted by molar-refractivity contribution is -0.00778. The smallest absolute Gasteiger partial charge is 0.348 e. The average Bonchev–Trinajstić information content (AvgIpc) is 2.84. The van der Waals surface area contributed by atoms with Gasteiger partial charge in [0.2, 0.25) is 10.0 Å². The van der Waals surface area contributed by atoms with E-state index in [-0.39, 0.29) is 5.75 Å². The van der Waals surface area contributed by atoms with Crippen molar-refractivity contribution in [2.24, 2.45) is 0 Å². The maximum atomic E-state index is 12.7. The molecule has 21 heavy (non-hydrogen) atoms. The van der Waals surface area contributed by atoms with Crippen molar-refractivity contribution >= 4 is 27.3 Å². The third-order valence-electron chi connectivity index (χ3n) is 3.36. The van der Waals surface area contributed by atoms with Crippen LogP contribution in [0.4, 0.5) is 0 Å². The van der Waals surface area contributed by atoms with Crippen LogP contribution in [0.2, 0.25) is 0 Å². The normalized spacial score (nSPS) is 19.4. The zero-order valence-corrected chi connectivity index (χ0v) is 13.9. The molecule has 8 heteroatoms. The summed E-state index contributed by atoms with van der Waals surface area (Å²) in [5.41, 5.74) is -0.104.